The molecule has 5 saturated carbocycles. The van der Waals surface area contributed by atoms with E-state index in [1.165, 1.54) is 69.8 Å². The Kier molecular flexibility index (Phi) is 8.44. The predicted octanol–water partition coefficient (Wildman–Crippen LogP) is 9.91. The zero-order valence-corrected chi connectivity index (χ0v) is 28.1. The van der Waals surface area contributed by atoms with Crippen LogP contribution >= 0.6 is 0 Å². The summed E-state index contributed by atoms with van der Waals surface area (Å²) in [5.74, 6) is 3.02. The quantitative estimate of drug-likeness (QED) is 0.180. The van der Waals surface area contributed by atoms with Gasteiger partial charge in [0.05, 0.1) is 6.10 Å². The molecule has 0 aliphatic heterocycles. The highest BCUT2D eigenvalue weighted by molar-refractivity contribution is 5.69. The normalized spacial score (nSPS) is 48.4. The molecule has 0 aromatic carbocycles. The molecule has 0 bridgehead atoms. The highest BCUT2D eigenvalue weighted by Gasteiger charge is 2.72. The van der Waals surface area contributed by atoms with E-state index < -0.39 is 6.10 Å². The van der Waals surface area contributed by atoms with Crippen molar-refractivity contribution >= 4 is 5.97 Å². The number of allylic oxidation sites excluding steroid dienone is 1. The Balaban J connectivity index is 1.46. The van der Waals surface area contributed by atoms with Crippen LogP contribution in [0.25, 0.3) is 0 Å². The minimum absolute atomic E-state index is 0.0331. The molecule has 0 radical (unpaired) electrons. The summed E-state index contributed by atoms with van der Waals surface area (Å²) in [4.78, 5) is 13.3. The van der Waals surface area contributed by atoms with Crippen molar-refractivity contribution in [2.45, 2.75) is 164 Å². The molecule has 3 heteroatoms. The Labute approximate surface area is 253 Å². The van der Waals surface area contributed by atoms with Crippen LogP contribution in [0.4, 0.5) is 0 Å². The van der Waals surface area contributed by atoms with Gasteiger partial charge < -0.3 is 9.84 Å². The van der Waals surface area contributed by atoms with Crippen LogP contribution in [0.15, 0.2) is 12.2 Å². The molecular weight excluding hydrogens is 504 g/mol. The summed E-state index contributed by atoms with van der Waals surface area (Å²) in [6, 6.07) is 0. The lowest BCUT2D eigenvalue weighted by Gasteiger charge is -2.73. The number of carbonyl (C=O) groups is 1. The Morgan fingerprint density at radius 2 is 1.56 bits per heavy atom. The van der Waals surface area contributed by atoms with E-state index in [1.54, 1.807) is 0 Å². The molecule has 0 aromatic rings. The molecule has 5 aliphatic carbocycles. The van der Waals surface area contributed by atoms with Crippen molar-refractivity contribution in [3.8, 4) is 0 Å². The molecule has 0 spiro atoms. The number of ether oxygens (including phenoxy) is 1. The van der Waals surface area contributed by atoms with Crippen LogP contribution in [0.2, 0.25) is 0 Å². The molecule has 0 saturated heterocycles. The summed E-state index contributed by atoms with van der Waals surface area (Å²) in [5, 5.41) is 11.5. The topological polar surface area (TPSA) is 46.5 Å². The molecule has 234 valence electrons. The molecule has 41 heavy (non-hydrogen) atoms. The number of hydrogen-bond acceptors (Lipinski definition) is 3. The Bertz CT molecular complexity index is 999. The summed E-state index contributed by atoms with van der Waals surface area (Å²) < 4.78 is 6.52. The van der Waals surface area contributed by atoms with Gasteiger partial charge in [-0.3, -0.25) is 4.79 Å². The van der Waals surface area contributed by atoms with Gasteiger partial charge in [0.15, 0.2) is 0 Å². The SMILES string of the molecule is C=C(C)[C@@H]1CC[C@]2(C)CC[C@]3(C)[C@H](CC[C@H]4[C@@]5(C)C(OC(=O)CCCCCCC)C[C@H](O)C(C)(C)[C@H]5CC[C@]43C)[C@@H]12. The van der Waals surface area contributed by atoms with Gasteiger partial charge in [0.2, 0.25) is 0 Å². The molecular formula is C38H64O3. The number of hydrogen-bond donors (Lipinski definition) is 1. The second kappa shape index (κ2) is 11.0. The molecule has 0 aromatic heterocycles. The Morgan fingerprint density at radius 1 is 0.854 bits per heavy atom. The van der Waals surface area contributed by atoms with Crippen LogP contribution in [0.3, 0.4) is 0 Å². The summed E-state index contributed by atoms with van der Waals surface area (Å²) in [6.07, 6.45) is 16.4. The summed E-state index contributed by atoms with van der Waals surface area (Å²) in [6.45, 7) is 24.1. The maximum absolute atomic E-state index is 13.3. The average molecular weight is 569 g/mol. The molecule has 5 rings (SSSR count). The zero-order valence-electron chi connectivity index (χ0n) is 28.1. The van der Waals surface area contributed by atoms with Gasteiger partial charge in [0, 0.05) is 18.3 Å². The van der Waals surface area contributed by atoms with Crippen molar-refractivity contribution in [3.05, 3.63) is 12.2 Å². The van der Waals surface area contributed by atoms with Crippen molar-refractivity contribution in [2.24, 2.45) is 56.7 Å². The first-order chi connectivity index (χ1) is 19.2. The molecule has 11 atom stereocenters. The first-order valence-electron chi connectivity index (χ1n) is 17.7. The van der Waals surface area contributed by atoms with E-state index in [-0.39, 0.29) is 28.3 Å². The minimum atomic E-state index is -0.426. The molecule has 0 amide bonds. The van der Waals surface area contributed by atoms with Gasteiger partial charge in [-0.25, -0.2) is 0 Å². The fraction of sp³-hybridized carbons (Fsp3) is 0.921. The largest absolute Gasteiger partial charge is 0.462 e. The molecule has 5 aliphatic rings. The van der Waals surface area contributed by atoms with E-state index in [2.05, 4.69) is 62.0 Å². The van der Waals surface area contributed by atoms with Crippen LogP contribution in [-0.4, -0.2) is 23.3 Å². The summed E-state index contributed by atoms with van der Waals surface area (Å²) >= 11 is 0. The van der Waals surface area contributed by atoms with E-state index in [1.807, 2.05) is 0 Å². The van der Waals surface area contributed by atoms with E-state index in [0.29, 0.717) is 41.4 Å². The maximum atomic E-state index is 13.3. The molecule has 5 fully saturated rings. The fourth-order valence-corrected chi connectivity index (χ4v) is 12.7. The van der Waals surface area contributed by atoms with Crippen LogP contribution in [-0.2, 0) is 9.53 Å². The number of rotatable bonds is 8. The number of esters is 1. The van der Waals surface area contributed by atoms with Gasteiger partial charge in [0.25, 0.3) is 0 Å². The van der Waals surface area contributed by atoms with Crippen molar-refractivity contribution in [1.82, 2.24) is 0 Å². The smallest absolute Gasteiger partial charge is 0.306 e. The molecule has 3 nitrogen and oxygen atoms in total. The third kappa shape index (κ3) is 4.71. The number of fused-ring (bicyclic) bond motifs is 7. The van der Waals surface area contributed by atoms with Crippen LogP contribution in [0.5, 0.6) is 0 Å². The zero-order chi connectivity index (χ0) is 30.0. The van der Waals surface area contributed by atoms with Crippen molar-refractivity contribution in [3.63, 3.8) is 0 Å². The highest BCUT2D eigenvalue weighted by Crippen LogP contribution is 2.77. The third-order valence-corrected chi connectivity index (χ3v) is 15.3. The number of aliphatic hydroxyl groups excluding tert-OH is 1. The molecule has 0 heterocycles. The predicted molar refractivity (Wildman–Crippen MR) is 169 cm³/mol. The van der Waals surface area contributed by atoms with Gasteiger partial charge in [-0.2, -0.15) is 0 Å². The highest BCUT2D eigenvalue weighted by atomic mass is 16.5. The lowest BCUT2D eigenvalue weighted by atomic mass is 9.32. The Morgan fingerprint density at radius 3 is 2.24 bits per heavy atom. The lowest BCUT2D eigenvalue weighted by Crippen LogP contribution is -2.70. The lowest BCUT2D eigenvalue weighted by molar-refractivity contribution is -0.277. The van der Waals surface area contributed by atoms with Gasteiger partial charge in [-0.1, -0.05) is 86.3 Å². The average Bonchev–Trinajstić information content (AvgIpc) is 3.25. The first kappa shape index (κ1) is 31.6. The van der Waals surface area contributed by atoms with Gasteiger partial charge in [-0.15, -0.1) is 0 Å². The molecule has 1 N–H and O–H groups in total. The van der Waals surface area contributed by atoms with E-state index in [9.17, 15) is 9.90 Å². The second-order valence-electron chi connectivity index (χ2n) is 17.4. The summed E-state index contributed by atoms with van der Waals surface area (Å²) in [7, 11) is 0. The Hall–Kier alpha value is -0.830. The monoisotopic (exact) mass is 568 g/mol. The van der Waals surface area contributed by atoms with Crippen LogP contribution in [0, 0.1) is 56.7 Å². The molecule has 1 unspecified atom stereocenters. The van der Waals surface area contributed by atoms with Gasteiger partial charge in [0.1, 0.15) is 6.10 Å². The number of carbonyl (C=O) groups excluding carboxylic acids is 1. The van der Waals surface area contributed by atoms with E-state index in [4.69, 9.17) is 4.74 Å². The van der Waals surface area contributed by atoms with Crippen LogP contribution in [0.1, 0.15) is 152 Å². The van der Waals surface area contributed by atoms with E-state index >= 15 is 0 Å². The maximum Gasteiger partial charge on any atom is 0.306 e. The van der Waals surface area contributed by atoms with E-state index in [0.717, 1.165) is 31.1 Å². The van der Waals surface area contributed by atoms with Gasteiger partial charge >= 0.3 is 5.97 Å². The number of aliphatic hydroxyl groups is 1. The first-order valence-corrected chi connectivity index (χ1v) is 17.7. The minimum Gasteiger partial charge on any atom is -0.462 e. The second-order valence-corrected chi connectivity index (χ2v) is 17.4. The number of unbranched alkanes of at least 4 members (excludes halogenated alkanes) is 4. The third-order valence-electron chi connectivity index (χ3n) is 15.3. The standard InChI is InChI=1S/C38H64O3/c1-10-11-12-13-14-15-32(40)41-31-24-30(39)34(4,5)28-19-21-37(8)29(38(28,31)9)17-16-27-33-26(25(2)3)18-20-35(33,6)22-23-36(27,37)7/h26-31,33,39H,2,10-24H2,1,3-9H3/t26-,27+,28+,29+,30-,31?,33+,35+,36+,37+,38-/m0/s1. The van der Waals surface area contributed by atoms with Gasteiger partial charge in [-0.05, 0) is 116 Å². The van der Waals surface area contributed by atoms with Crippen molar-refractivity contribution < 1.29 is 14.6 Å². The fourth-order valence-electron chi connectivity index (χ4n) is 12.7. The van der Waals surface area contributed by atoms with Crippen molar-refractivity contribution in [2.75, 3.05) is 0 Å². The van der Waals surface area contributed by atoms with Crippen LogP contribution < -0.4 is 0 Å². The van der Waals surface area contributed by atoms with Crippen molar-refractivity contribution in [1.29, 1.82) is 0 Å². The summed E-state index contributed by atoms with van der Waals surface area (Å²) in [5.41, 5.74) is 2.11.